The number of rotatable bonds is 8. The van der Waals surface area contributed by atoms with Crippen LogP contribution in [0.5, 0.6) is 5.75 Å². The van der Waals surface area contributed by atoms with E-state index >= 15 is 0 Å². The normalized spacial score (nSPS) is 23.3. The molecule has 1 aromatic carbocycles. The number of Topliss-reactive ketones (excluding diaryl/α,β-unsaturated/α-hetero) is 1. The molecule has 2 aliphatic rings. The molecule has 1 saturated heterocycles. The first-order valence-corrected chi connectivity index (χ1v) is 15.5. The van der Waals surface area contributed by atoms with E-state index in [9.17, 15) is 23.8 Å². The third-order valence-corrected chi connectivity index (χ3v) is 8.39. The molecule has 5 rings (SSSR count). The van der Waals surface area contributed by atoms with Crippen LogP contribution in [-0.2, 0) is 20.7 Å². The summed E-state index contributed by atoms with van der Waals surface area (Å²) in [6, 6.07) is 7.73. The molecule has 1 unspecified atom stereocenters. The number of pyridine rings is 1. The summed E-state index contributed by atoms with van der Waals surface area (Å²) in [5.74, 6) is -0.113. The zero-order valence-electron chi connectivity index (χ0n) is 22.0. The summed E-state index contributed by atoms with van der Waals surface area (Å²) in [5, 5.41) is 7.83. The Balaban J connectivity index is 1.42. The van der Waals surface area contributed by atoms with E-state index in [0.717, 1.165) is 12.0 Å². The maximum atomic E-state index is 13.7. The van der Waals surface area contributed by atoms with E-state index in [1.807, 2.05) is 13.0 Å². The topological polar surface area (TPSA) is 144 Å². The lowest BCUT2D eigenvalue weighted by molar-refractivity contribution is -0.138. The van der Waals surface area contributed by atoms with Crippen LogP contribution in [0.15, 0.2) is 34.9 Å². The van der Waals surface area contributed by atoms with Crippen LogP contribution in [-0.4, -0.2) is 67.3 Å². The molecule has 3 heterocycles. The van der Waals surface area contributed by atoms with E-state index in [4.69, 9.17) is 4.74 Å². The average Bonchev–Trinajstić information content (AvgIpc) is 3.22. The standard InChI is InChI=1S/C26H29BrN5O6P/c1-14-5-8-21(27)28-24(14)29-25(35)19-10-26(3)11-20(26)32(19)22(34)12-31-18-9-16(38-13-39(4,36)37)6-7-17(18)23(30-31)15(2)33/h5-9,19-20H,10-13H2,1-4H3,(H,36,37)(H,28,29,35)/t19-,20+,26-/m0/s1. The Morgan fingerprint density at radius 3 is 2.69 bits per heavy atom. The molecule has 13 heteroatoms. The van der Waals surface area contributed by atoms with Crippen molar-refractivity contribution in [1.82, 2.24) is 19.7 Å². The predicted octanol–water partition coefficient (Wildman–Crippen LogP) is 3.96. The van der Waals surface area contributed by atoms with Crippen LogP contribution in [0, 0.1) is 12.3 Å². The van der Waals surface area contributed by atoms with E-state index in [1.54, 1.807) is 29.2 Å². The van der Waals surface area contributed by atoms with Gasteiger partial charge in [-0.25, -0.2) is 4.98 Å². The number of carbonyl (C=O) groups is 3. The molecule has 206 valence electrons. The number of hydrogen-bond acceptors (Lipinski definition) is 7. The Kier molecular flexibility index (Phi) is 6.93. The van der Waals surface area contributed by atoms with Gasteiger partial charge in [0.25, 0.3) is 0 Å². The predicted molar refractivity (Wildman–Crippen MR) is 148 cm³/mol. The van der Waals surface area contributed by atoms with Crippen molar-refractivity contribution in [2.75, 3.05) is 18.3 Å². The van der Waals surface area contributed by atoms with Crippen LogP contribution < -0.4 is 10.1 Å². The van der Waals surface area contributed by atoms with Gasteiger partial charge in [-0.2, -0.15) is 5.10 Å². The van der Waals surface area contributed by atoms with Crippen molar-refractivity contribution in [3.05, 3.63) is 46.2 Å². The molecule has 0 radical (unpaired) electrons. The van der Waals surface area contributed by atoms with E-state index < -0.39 is 13.4 Å². The Morgan fingerprint density at radius 2 is 2.00 bits per heavy atom. The van der Waals surface area contributed by atoms with E-state index in [1.165, 1.54) is 18.3 Å². The number of hydrogen-bond donors (Lipinski definition) is 2. The van der Waals surface area contributed by atoms with Gasteiger partial charge in [-0.3, -0.25) is 23.6 Å². The maximum Gasteiger partial charge on any atom is 0.248 e. The van der Waals surface area contributed by atoms with Gasteiger partial charge < -0.3 is 19.8 Å². The lowest BCUT2D eigenvalue weighted by Crippen LogP contribution is -2.47. The Bertz CT molecular complexity index is 1570. The summed E-state index contributed by atoms with van der Waals surface area (Å²) < 4.78 is 19.2. The van der Waals surface area contributed by atoms with Gasteiger partial charge >= 0.3 is 0 Å². The van der Waals surface area contributed by atoms with Gasteiger partial charge in [-0.05, 0) is 64.9 Å². The highest BCUT2D eigenvalue weighted by Gasteiger charge is 2.64. The first-order valence-electron chi connectivity index (χ1n) is 12.4. The van der Waals surface area contributed by atoms with E-state index in [2.05, 4.69) is 38.3 Å². The Hall–Kier alpha value is -3.08. The van der Waals surface area contributed by atoms with Crippen molar-refractivity contribution < 1.29 is 28.6 Å². The number of nitrogens with zero attached hydrogens (tertiary/aromatic N) is 4. The zero-order chi connectivity index (χ0) is 28.3. The van der Waals surface area contributed by atoms with Crippen LogP contribution in [0.25, 0.3) is 10.9 Å². The van der Waals surface area contributed by atoms with Crippen molar-refractivity contribution >= 4 is 57.6 Å². The fourth-order valence-corrected chi connectivity index (χ4v) is 5.92. The number of fused-ring (bicyclic) bond motifs is 2. The van der Waals surface area contributed by atoms with Gasteiger partial charge in [0, 0.05) is 31.1 Å². The minimum Gasteiger partial charge on any atom is -0.483 e. The Labute approximate surface area is 233 Å². The van der Waals surface area contributed by atoms with E-state index in [-0.39, 0.29) is 47.6 Å². The highest BCUT2D eigenvalue weighted by molar-refractivity contribution is 9.10. The fraction of sp³-hybridized carbons (Fsp3) is 0.423. The second-order valence-electron chi connectivity index (χ2n) is 10.7. The number of aryl methyl sites for hydroxylation is 1. The summed E-state index contributed by atoms with van der Waals surface area (Å²) in [6.07, 6.45) is 0.977. The molecule has 0 bridgehead atoms. The van der Waals surface area contributed by atoms with Crippen LogP contribution in [0.3, 0.4) is 0 Å². The van der Waals surface area contributed by atoms with Crippen LogP contribution in [0.1, 0.15) is 42.7 Å². The summed E-state index contributed by atoms with van der Waals surface area (Å²) in [7, 11) is -3.41. The van der Waals surface area contributed by atoms with Crippen molar-refractivity contribution in [3.8, 4) is 5.75 Å². The average molecular weight is 618 g/mol. The first-order chi connectivity index (χ1) is 18.3. The minimum atomic E-state index is -3.41. The molecule has 1 aliphatic heterocycles. The van der Waals surface area contributed by atoms with Gasteiger partial charge in [0.2, 0.25) is 19.2 Å². The quantitative estimate of drug-likeness (QED) is 0.220. The zero-order valence-corrected chi connectivity index (χ0v) is 24.5. The number of halogens is 1. The number of ketones is 1. The molecule has 11 nitrogen and oxygen atoms in total. The number of aromatic nitrogens is 3. The van der Waals surface area contributed by atoms with Gasteiger partial charge in [0.15, 0.2) is 12.1 Å². The number of anilines is 1. The number of likely N-dealkylation sites (tertiary alicyclic amines) is 1. The summed E-state index contributed by atoms with van der Waals surface area (Å²) in [4.78, 5) is 55.0. The van der Waals surface area contributed by atoms with Crippen LogP contribution in [0.2, 0.25) is 0 Å². The summed E-state index contributed by atoms with van der Waals surface area (Å²) in [5.41, 5.74) is 1.35. The number of carbonyl (C=O) groups excluding carboxylic acids is 3. The van der Waals surface area contributed by atoms with Crippen molar-refractivity contribution in [2.45, 2.75) is 52.2 Å². The number of piperidine rings is 1. The maximum absolute atomic E-state index is 13.7. The number of amides is 2. The monoisotopic (exact) mass is 617 g/mol. The highest BCUT2D eigenvalue weighted by Crippen LogP contribution is 2.59. The lowest BCUT2D eigenvalue weighted by Gasteiger charge is -2.27. The molecule has 2 amide bonds. The Morgan fingerprint density at radius 1 is 1.26 bits per heavy atom. The van der Waals surface area contributed by atoms with Gasteiger partial charge in [-0.15, -0.1) is 0 Å². The molecule has 2 fully saturated rings. The summed E-state index contributed by atoms with van der Waals surface area (Å²) >= 11 is 3.33. The molecule has 2 N–H and O–H groups in total. The molecular formula is C26H29BrN5O6P. The molecule has 1 aliphatic carbocycles. The van der Waals surface area contributed by atoms with Crippen LogP contribution >= 0.6 is 23.3 Å². The third kappa shape index (κ3) is 5.50. The third-order valence-electron chi connectivity index (χ3n) is 7.34. The number of ether oxygens (including phenoxy) is 1. The minimum absolute atomic E-state index is 0.0615. The largest absolute Gasteiger partial charge is 0.483 e. The SMILES string of the molecule is CC(=O)c1nn(CC(=O)N2[C@H](C(=O)Nc3nc(Br)ccc3C)C[C@@]3(C)C[C@@H]23)c2cc(OCP(C)(=O)O)ccc12. The van der Waals surface area contributed by atoms with Crippen molar-refractivity contribution in [2.24, 2.45) is 5.41 Å². The van der Waals surface area contributed by atoms with Crippen LogP contribution in [0.4, 0.5) is 5.82 Å². The fourth-order valence-electron chi connectivity index (χ4n) is 5.22. The smallest absolute Gasteiger partial charge is 0.248 e. The molecule has 0 spiro atoms. The van der Waals surface area contributed by atoms with Crippen molar-refractivity contribution in [3.63, 3.8) is 0 Å². The van der Waals surface area contributed by atoms with E-state index in [0.29, 0.717) is 33.5 Å². The second-order valence-corrected chi connectivity index (χ2v) is 13.9. The molecular weight excluding hydrogens is 589 g/mol. The molecule has 3 aromatic rings. The summed E-state index contributed by atoms with van der Waals surface area (Å²) in [6.45, 7) is 6.32. The number of nitrogens with one attached hydrogen (secondary N) is 1. The molecule has 4 atom stereocenters. The highest BCUT2D eigenvalue weighted by atomic mass is 79.9. The van der Waals surface area contributed by atoms with Gasteiger partial charge in [0.05, 0.1) is 5.52 Å². The first kappa shape index (κ1) is 27.5. The molecule has 2 aromatic heterocycles. The van der Waals surface area contributed by atoms with Gasteiger partial charge in [-0.1, -0.05) is 13.0 Å². The number of benzene rings is 1. The molecule has 1 saturated carbocycles. The second kappa shape index (κ2) is 9.83. The van der Waals surface area contributed by atoms with Crippen molar-refractivity contribution in [1.29, 1.82) is 0 Å². The molecule has 39 heavy (non-hydrogen) atoms. The van der Waals surface area contributed by atoms with Gasteiger partial charge in [0.1, 0.15) is 34.5 Å². The lowest BCUT2D eigenvalue weighted by atomic mass is 10.0.